The summed E-state index contributed by atoms with van der Waals surface area (Å²) in [5.41, 5.74) is 2.05. The Kier molecular flexibility index (Phi) is 7.45. The van der Waals surface area contributed by atoms with E-state index in [2.05, 4.69) is 37.1 Å². The van der Waals surface area contributed by atoms with Gasteiger partial charge in [-0.05, 0) is 17.2 Å². The van der Waals surface area contributed by atoms with Gasteiger partial charge in [0.1, 0.15) is 0 Å². The number of amides is 1. The second-order valence-corrected chi connectivity index (χ2v) is 8.46. The largest absolute Gasteiger partial charge is 0.378 e. The summed E-state index contributed by atoms with van der Waals surface area (Å²) in [5.74, 6) is 0.985. The lowest BCUT2D eigenvalue weighted by Crippen LogP contribution is -2.38. The van der Waals surface area contributed by atoms with E-state index in [1.807, 2.05) is 42.5 Å². The number of carbonyl (C=O) groups excluding carboxylic acids is 1. The third-order valence-corrected chi connectivity index (χ3v) is 6.28. The summed E-state index contributed by atoms with van der Waals surface area (Å²) in [6, 6.07) is 17.7. The molecule has 0 atom stereocenters. The molecule has 1 aromatic heterocycles. The average molecular weight is 458 g/mol. The van der Waals surface area contributed by atoms with Crippen molar-refractivity contribution in [3.63, 3.8) is 0 Å². The Labute approximate surface area is 190 Å². The number of rotatable bonds is 8. The molecule has 3 aromatic rings. The highest BCUT2D eigenvalue weighted by molar-refractivity contribution is 7.99. The minimum atomic E-state index is -0.0768. The first-order valence-corrected chi connectivity index (χ1v) is 11.5. The normalized spacial score (nSPS) is 13.9. The van der Waals surface area contributed by atoms with E-state index in [0.717, 1.165) is 35.3 Å². The number of carbonyl (C=O) groups is 1. The van der Waals surface area contributed by atoms with Crippen LogP contribution in [0.15, 0.2) is 59.8 Å². The fourth-order valence-corrected chi connectivity index (χ4v) is 4.27. The van der Waals surface area contributed by atoms with Crippen molar-refractivity contribution in [3.05, 3.63) is 70.7 Å². The number of hydrogen-bond acceptors (Lipinski definition) is 6. The van der Waals surface area contributed by atoms with Gasteiger partial charge >= 0.3 is 0 Å². The van der Waals surface area contributed by atoms with Crippen molar-refractivity contribution in [3.8, 4) is 0 Å². The third kappa shape index (κ3) is 5.78. The first-order valence-electron chi connectivity index (χ1n) is 10.1. The summed E-state index contributed by atoms with van der Waals surface area (Å²) in [6.07, 6.45) is 0. The standard InChI is InChI=1S/C22H24ClN5O2S/c23-19-9-5-4-8-18(19)14-24-20(29)16-31-22-26-25-21(27-10-12-30-13-11-27)28(22)15-17-6-2-1-3-7-17/h1-9H,10-16H2,(H,24,29). The zero-order valence-corrected chi connectivity index (χ0v) is 18.6. The first-order chi connectivity index (χ1) is 15.2. The number of benzene rings is 2. The second-order valence-electron chi connectivity index (χ2n) is 7.11. The van der Waals surface area contributed by atoms with Crippen LogP contribution in [-0.4, -0.2) is 52.7 Å². The van der Waals surface area contributed by atoms with Crippen LogP contribution in [0.25, 0.3) is 0 Å². The van der Waals surface area contributed by atoms with Crippen LogP contribution in [-0.2, 0) is 22.6 Å². The Morgan fingerprint density at radius 3 is 2.58 bits per heavy atom. The Bertz CT molecular complexity index is 1010. The van der Waals surface area contributed by atoms with Crippen LogP contribution in [0.3, 0.4) is 0 Å². The molecule has 2 aromatic carbocycles. The Morgan fingerprint density at radius 2 is 1.81 bits per heavy atom. The molecular weight excluding hydrogens is 434 g/mol. The quantitative estimate of drug-likeness (QED) is 0.523. The Balaban J connectivity index is 1.43. The molecule has 1 saturated heterocycles. The van der Waals surface area contributed by atoms with E-state index in [-0.39, 0.29) is 11.7 Å². The molecule has 1 aliphatic rings. The van der Waals surface area contributed by atoms with Gasteiger partial charge in [0.05, 0.1) is 25.5 Å². The predicted molar refractivity (Wildman–Crippen MR) is 123 cm³/mol. The van der Waals surface area contributed by atoms with Crippen molar-refractivity contribution in [1.82, 2.24) is 20.1 Å². The van der Waals surface area contributed by atoms with Gasteiger partial charge in [0.25, 0.3) is 0 Å². The van der Waals surface area contributed by atoms with Crippen molar-refractivity contribution < 1.29 is 9.53 Å². The molecule has 0 spiro atoms. The fourth-order valence-electron chi connectivity index (χ4n) is 3.31. The van der Waals surface area contributed by atoms with Gasteiger partial charge in [0.15, 0.2) is 5.16 Å². The maximum atomic E-state index is 12.4. The van der Waals surface area contributed by atoms with E-state index in [4.69, 9.17) is 16.3 Å². The number of nitrogens with one attached hydrogen (secondary N) is 1. The molecule has 4 rings (SSSR count). The van der Waals surface area contributed by atoms with Gasteiger partial charge in [0, 0.05) is 24.7 Å². The summed E-state index contributed by atoms with van der Waals surface area (Å²) in [4.78, 5) is 14.6. The lowest BCUT2D eigenvalue weighted by atomic mass is 10.2. The fraction of sp³-hybridized carbons (Fsp3) is 0.318. The monoisotopic (exact) mass is 457 g/mol. The number of anilines is 1. The van der Waals surface area contributed by atoms with Gasteiger partial charge in [-0.3, -0.25) is 9.36 Å². The van der Waals surface area contributed by atoms with Crippen molar-refractivity contribution in [2.24, 2.45) is 0 Å². The zero-order valence-electron chi connectivity index (χ0n) is 17.0. The van der Waals surface area contributed by atoms with Gasteiger partial charge in [-0.2, -0.15) is 0 Å². The second kappa shape index (κ2) is 10.7. The molecule has 1 N–H and O–H groups in total. The molecular formula is C22H24ClN5O2S. The van der Waals surface area contributed by atoms with Crippen LogP contribution in [0.2, 0.25) is 5.02 Å². The lowest BCUT2D eigenvalue weighted by Gasteiger charge is -2.28. The third-order valence-electron chi connectivity index (χ3n) is 4.94. The summed E-state index contributed by atoms with van der Waals surface area (Å²) < 4.78 is 7.55. The SMILES string of the molecule is O=C(CSc1nnc(N2CCOCC2)n1Cc1ccccc1)NCc1ccccc1Cl. The predicted octanol–water partition coefficient (Wildman–Crippen LogP) is 3.22. The summed E-state index contributed by atoms with van der Waals surface area (Å²) in [5, 5.41) is 13.1. The number of thioether (sulfide) groups is 1. The minimum Gasteiger partial charge on any atom is -0.378 e. The topological polar surface area (TPSA) is 72.3 Å². The molecule has 9 heteroatoms. The van der Waals surface area contributed by atoms with Crippen LogP contribution in [0.1, 0.15) is 11.1 Å². The molecule has 0 aliphatic carbocycles. The molecule has 1 aliphatic heterocycles. The van der Waals surface area contributed by atoms with E-state index in [1.165, 1.54) is 11.8 Å². The summed E-state index contributed by atoms with van der Waals surface area (Å²) in [7, 11) is 0. The Morgan fingerprint density at radius 1 is 1.06 bits per heavy atom. The lowest BCUT2D eigenvalue weighted by molar-refractivity contribution is -0.118. The molecule has 1 amide bonds. The average Bonchev–Trinajstić information content (AvgIpc) is 3.20. The van der Waals surface area contributed by atoms with Gasteiger partial charge in [-0.25, -0.2) is 0 Å². The smallest absolute Gasteiger partial charge is 0.230 e. The van der Waals surface area contributed by atoms with E-state index >= 15 is 0 Å². The van der Waals surface area contributed by atoms with E-state index in [9.17, 15) is 4.79 Å². The van der Waals surface area contributed by atoms with Crippen LogP contribution in [0.5, 0.6) is 0 Å². The molecule has 162 valence electrons. The molecule has 2 heterocycles. The molecule has 31 heavy (non-hydrogen) atoms. The highest BCUT2D eigenvalue weighted by Crippen LogP contribution is 2.24. The van der Waals surface area contributed by atoms with Crippen LogP contribution < -0.4 is 10.2 Å². The van der Waals surface area contributed by atoms with Crippen LogP contribution in [0.4, 0.5) is 5.95 Å². The maximum absolute atomic E-state index is 12.4. The van der Waals surface area contributed by atoms with Crippen LogP contribution >= 0.6 is 23.4 Å². The van der Waals surface area contributed by atoms with Gasteiger partial charge in [-0.15, -0.1) is 10.2 Å². The van der Waals surface area contributed by atoms with Crippen LogP contribution in [0, 0.1) is 0 Å². The number of aromatic nitrogens is 3. The number of nitrogens with zero attached hydrogens (tertiary/aromatic N) is 4. The van der Waals surface area contributed by atoms with Crippen molar-refractivity contribution >= 4 is 35.2 Å². The molecule has 1 fully saturated rings. The van der Waals surface area contributed by atoms with E-state index in [0.29, 0.717) is 31.3 Å². The summed E-state index contributed by atoms with van der Waals surface area (Å²) >= 11 is 7.55. The molecule has 0 saturated carbocycles. The molecule has 7 nitrogen and oxygen atoms in total. The summed E-state index contributed by atoms with van der Waals surface area (Å²) in [6.45, 7) is 3.93. The number of halogens is 1. The van der Waals surface area contributed by atoms with E-state index in [1.54, 1.807) is 0 Å². The zero-order chi connectivity index (χ0) is 21.5. The molecule has 0 unspecified atom stereocenters. The first kappa shape index (κ1) is 21.7. The highest BCUT2D eigenvalue weighted by Gasteiger charge is 2.21. The van der Waals surface area contributed by atoms with Crippen molar-refractivity contribution in [1.29, 1.82) is 0 Å². The van der Waals surface area contributed by atoms with Gasteiger partial charge in [-0.1, -0.05) is 71.9 Å². The molecule has 0 radical (unpaired) electrons. The Hall–Kier alpha value is -2.55. The van der Waals surface area contributed by atoms with Gasteiger partial charge in [0.2, 0.25) is 11.9 Å². The number of morpholine rings is 1. The maximum Gasteiger partial charge on any atom is 0.230 e. The molecule has 0 bridgehead atoms. The van der Waals surface area contributed by atoms with E-state index < -0.39 is 0 Å². The number of ether oxygens (including phenoxy) is 1. The van der Waals surface area contributed by atoms with Crippen molar-refractivity contribution in [2.45, 2.75) is 18.2 Å². The number of hydrogen-bond donors (Lipinski definition) is 1. The highest BCUT2D eigenvalue weighted by atomic mass is 35.5. The van der Waals surface area contributed by atoms with Crippen molar-refractivity contribution in [2.75, 3.05) is 37.0 Å². The minimum absolute atomic E-state index is 0.0768. The van der Waals surface area contributed by atoms with Gasteiger partial charge < -0.3 is 15.0 Å².